The SMILES string of the molecule is Cc1nn(-c2ccc(C#N)c(Nc3cnn(CCOCc4ccccc4)c3)c2)c2c1C(=O)CC(C)(C)C2. The molecule has 8 heteroatoms. The number of aromatic nitrogens is 4. The largest absolute Gasteiger partial charge is 0.375 e. The molecule has 2 aromatic carbocycles. The number of aryl methyl sites for hydroxylation is 1. The number of ether oxygens (including phenoxy) is 1. The third-order valence-corrected chi connectivity index (χ3v) is 6.58. The second-order valence-corrected chi connectivity index (χ2v) is 10.3. The Kier molecular flexibility index (Phi) is 6.64. The van der Waals surface area contributed by atoms with Crippen LogP contribution in [0.1, 0.15) is 53.1 Å². The number of hydrogen-bond acceptors (Lipinski definition) is 6. The molecule has 1 aliphatic rings. The summed E-state index contributed by atoms with van der Waals surface area (Å²) in [6.07, 6.45) is 4.90. The van der Waals surface area contributed by atoms with E-state index in [0.29, 0.717) is 37.4 Å². The van der Waals surface area contributed by atoms with E-state index in [1.54, 1.807) is 12.3 Å². The first kappa shape index (κ1) is 24.5. The maximum absolute atomic E-state index is 12.8. The number of ketones is 1. The van der Waals surface area contributed by atoms with E-state index in [4.69, 9.17) is 9.84 Å². The molecule has 2 heterocycles. The van der Waals surface area contributed by atoms with E-state index in [2.05, 4.69) is 30.3 Å². The minimum atomic E-state index is -0.124. The first-order valence-electron chi connectivity index (χ1n) is 12.4. The van der Waals surface area contributed by atoms with Crippen molar-refractivity contribution in [1.82, 2.24) is 19.6 Å². The summed E-state index contributed by atoms with van der Waals surface area (Å²) in [7, 11) is 0. The van der Waals surface area contributed by atoms with Crippen LogP contribution in [0.5, 0.6) is 0 Å². The zero-order chi connectivity index (χ0) is 26.0. The first-order valence-corrected chi connectivity index (χ1v) is 12.4. The fourth-order valence-corrected chi connectivity index (χ4v) is 4.85. The van der Waals surface area contributed by atoms with E-state index >= 15 is 0 Å². The third-order valence-electron chi connectivity index (χ3n) is 6.58. The van der Waals surface area contributed by atoms with Crippen molar-refractivity contribution >= 4 is 17.2 Å². The van der Waals surface area contributed by atoms with Crippen molar-refractivity contribution in [2.24, 2.45) is 5.41 Å². The fourth-order valence-electron chi connectivity index (χ4n) is 4.85. The van der Waals surface area contributed by atoms with Crippen molar-refractivity contribution in [3.8, 4) is 11.8 Å². The van der Waals surface area contributed by atoms with E-state index in [1.165, 1.54) is 0 Å². The summed E-state index contributed by atoms with van der Waals surface area (Å²) in [4.78, 5) is 12.8. The van der Waals surface area contributed by atoms with Gasteiger partial charge in [0.05, 0.1) is 65.5 Å². The minimum Gasteiger partial charge on any atom is -0.375 e. The van der Waals surface area contributed by atoms with Gasteiger partial charge in [0.2, 0.25) is 0 Å². The molecule has 188 valence electrons. The highest BCUT2D eigenvalue weighted by molar-refractivity contribution is 5.99. The molecule has 4 aromatic rings. The van der Waals surface area contributed by atoms with E-state index in [1.807, 2.05) is 64.9 Å². The fraction of sp³-hybridized carbons (Fsp3) is 0.310. The molecular formula is C29H30N6O2. The van der Waals surface area contributed by atoms with E-state index in [0.717, 1.165) is 40.3 Å². The van der Waals surface area contributed by atoms with Gasteiger partial charge in [0.1, 0.15) is 6.07 Å². The topological polar surface area (TPSA) is 97.8 Å². The number of anilines is 2. The molecule has 37 heavy (non-hydrogen) atoms. The number of carbonyl (C=O) groups excluding carboxylic acids is 1. The summed E-state index contributed by atoms with van der Waals surface area (Å²) in [6, 6.07) is 17.9. The molecule has 0 aliphatic heterocycles. The Hall–Kier alpha value is -4.22. The summed E-state index contributed by atoms with van der Waals surface area (Å²) in [5.74, 6) is 0.141. The number of rotatable bonds is 8. The van der Waals surface area contributed by atoms with Crippen LogP contribution in [0, 0.1) is 23.7 Å². The molecule has 0 bridgehead atoms. The number of Topliss-reactive ketones (excluding diaryl/α,β-unsaturated/α-hetero) is 1. The number of nitrogens with one attached hydrogen (secondary N) is 1. The monoisotopic (exact) mass is 494 g/mol. The minimum absolute atomic E-state index is 0.124. The standard InChI is InChI=1S/C29H30N6O2/c1-20-28-26(14-29(2,3)15-27(28)36)35(33-20)24-10-9-22(16-30)25(13-24)32-23-17-31-34(18-23)11-12-37-19-21-7-5-4-6-8-21/h4-10,13,17-18,32H,11-12,14-15,19H2,1-3H3. The lowest BCUT2D eigenvalue weighted by Crippen LogP contribution is -2.28. The van der Waals surface area contributed by atoms with Crippen LogP contribution < -0.4 is 5.32 Å². The lowest BCUT2D eigenvalue weighted by Gasteiger charge is -2.29. The van der Waals surface area contributed by atoms with Gasteiger partial charge in [-0.3, -0.25) is 9.48 Å². The van der Waals surface area contributed by atoms with Crippen molar-refractivity contribution in [2.45, 2.75) is 46.8 Å². The van der Waals surface area contributed by atoms with Crippen LogP contribution in [0.15, 0.2) is 60.9 Å². The molecule has 8 nitrogen and oxygen atoms in total. The second-order valence-electron chi connectivity index (χ2n) is 10.3. The number of fused-ring (bicyclic) bond motifs is 1. The van der Waals surface area contributed by atoms with Crippen LogP contribution >= 0.6 is 0 Å². The summed E-state index contributed by atoms with van der Waals surface area (Å²) in [5, 5.41) is 22.2. The van der Waals surface area contributed by atoms with Crippen LogP contribution in [-0.4, -0.2) is 32.0 Å². The van der Waals surface area contributed by atoms with Crippen LogP contribution in [0.25, 0.3) is 5.69 Å². The van der Waals surface area contributed by atoms with Gasteiger partial charge in [-0.1, -0.05) is 44.2 Å². The average Bonchev–Trinajstić information content (AvgIpc) is 3.45. The zero-order valence-corrected chi connectivity index (χ0v) is 21.4. The van der Waals surface area contributed by atoms with Gasteiger partial charge in [-0.2, -0.15) is 15.5 Å². The maximum atomic E-state index is 12.8. The van der Waals surface area contributed by atoms with Gasteiger partial charge in [-0.15, -0.1) is 0 Å². The summed E-state index contributed by atoms with van der Waals surface area (Å²) < 4.78 is 9.42. The molecule has 0 spiro atoms. The third kappa shape index (κ3) is 5.32. The predicted molar refractivity (Wildman–Crippen MR) is 141 cm³/mol. The Bertz CT molecular complexity index is 1480. The van der Waals surface area contributed by atoms with Crippen molar-refractivity contribution < 1.29 is 9.53 Å². The van der Waals surface area contributed by atoms with Crippen molar-refractivity contribution in [3.05, 3.63) is 89.0 Å². The maximum Gasteiger partial charge on any atom is 0.167 e. The molecule has 1 N–H and O–H groups in total. The van der Waals surface area contributed by atoms with Crippen LogP contribution in [0.2, 0.25) is 0 Å². The number of nitriles is 1. The highest BCUT2D eigenvalue weighted by Crippen LogP contribution is 2.37. The molecule has 0 fully saturated rings. The smallest absolute Gasteiger partial charge is 0.167 e. The quantitative estimate of drug-likeness (QED) is 0.331. The molecule has 0 amide bonds. The van der Waals surface area contributed by atoms with Gasteiger partial charge in [0.15, 0.2) is 5.78 Å². The zero-order valence-electron chi connectivity index (χ0n) is 21.4. The molecule has 0 unspecified atom stereocenters. The Morgan fingerprint density at radius 1 is 1.16 bits per heavy atom. The molecule has 1 aliphatic carbocycles. The molecule has 5 rings (SSSR count). The molecule has 0 saturated heterocycles. The van der Waals surface area contributed by atoms with Gasteiger partial charge in [0.25, 0.3) is 0 Å². The van der Waals surface area contributed by atoms with Gasteiger partial charge >= 0.3 is 0 Å². The van der Waals surface area contributed by atoms with Gasteiger partial charge in [-0.05, 0) is 42.5 Å². The summed E-state index contributed by atoms with van der Waals surface area (Å²) in [5.41, 5.74) is 6.15. The molecule has 0 atom stereocenters. The van der Waals surface area contributed by atoms with E-state index in [-0.39, 0.29) is 11.2 Å². The van der Waals surface area contributed by atoms with Gasteiger partial charge < -0.3 is 10.1 Å². The first-order chi connectivity index (χ1) is 17.8. The number of benzene rings is 2. The lowest BCUT2D eigenvalue weighted by molar-refractivity contribution is 0.0910. The Labute approximate surface area is 216 Å². The second kappa shape index (κ2) is 10.0. The number of carbonyl (C=O) groups is 1. The Balaban J connectivity index is 1.32. The summed E-state index contributed by atoms with van der Waals surface area (Å²) in [6.45, 7) is 7.81. The van der Waals surface area contributed by atoms with Crippen LogP contribution in [0.4, 0.5) is 11.4 Å². The highest BCUT2D eigenvalue weighted by Gasteiger charge is 2.35. The van der Waals surface area contributed by atoms with Crippen molar-refractivity contribution in [1.29, 1.82) is 5.26 Å². The Morgan fingerprint density at radius 2 is 1.97 bits per heavy atom. The van der Waals surface area contributed by atoms with E-state index < -0.39 is 0 Å². The Morgan fingerprint density at radius 3 is 2.76 bits per heavy atom. The van der Waals surface area contributed by atoms with E-state index in [9.17, 15) is 10.1 Å². The summed E-state index contributed by atoms with van der Waals surface area (Å²) >= 11 is 0. The average molecular weight is 495 g/mol. The highest BCUT2D eigenvalue weighted by atomic mass is 16.5. The molecule has 0 radical (unpaired) electrons. The number of hydrogen-bond donors (Lipinski definition) is 1. The van der Waals surface area contributed by atoms with Gasteiger partial charge in [-0.25, -0.2) is 4.68 Å². The molecular weight excluding hydrogens is 464 g/mol. The molecule has 2 aromatic heterocycles. The van der Waals surface area contributed by atoms with Gasteiger partial charge in [0, 0.05) is 12.6 Å². The lowest BCUT2D eigenvalue weighted by atomic mass is 9.75. The molecule has 0 saturated carbocycles. The van der Waals surface area contributed by atoms with Crippen LogP contribution in [0.3, 0.4) is 0 Å². The normalized spacial score (nSPS) is 14.3. The number of nitrogens with zero attached hydrogens (tertiary/aromatic N) is 5. The predicted octanol–water partition coefficient (Wildman–Crippen LogP) is 5.36. The van der Waals surface area contributed by atoms with Crippen molar-refractivity contribution in [2.75, 3.05) is 11.9 Å². The van der Waals surface area contributed by atoms with Crippen molar-refractivity contribution in [3.63, 3.8) is 0 Å². The van der Waals surface area contributed by atoms with Crippen LogP contribution in [-0.2, 0) is 24.3 Å².